The predicted molar refractivity (Wildman–Crippen MR) is 174 cm³/mol. The van der Waals surface area contributed by atoms with Gasteiger partial charge in [-0.15, -0.1) is 0 Å². The third-order valence-electron chi connectivity index (χ3n) is 8.50. The Morgan fingerprint density at radius 1 is 1.02 bits per heavy atom. The lowest BCUT2D eigenvalue weighted by Crippen LogP contribution is -2.52. The van der Waals surface area contributed by atoms with Gasteiger partial charge in [0.2, 0.25) is 11.8 Å². The molecular formula is C31H37Cl4N5O4. The second-order valence-electron chi connectivity index (χ2n) is 11.5. The van der Waals surface area contributed by atoms with Crippen molar-refractivity contribution in [3.63, 3.8) is 0 Å². The SMILES string of the molecule is CN(C/C(=N\O)C(CCN1CCC(N2CCCC(CC(N)=O)C2=O)CC1)c1ccc(Cl)c(Cl)c1)C(=O)c1cc(Cl)cc(Cl)c1. The minimum absolute atomic E-state index is 0.0377. The molecule has 0 saturated carbocycles. The minimum Gasteiger partial charge on any atom is -0.411 e. The standard InChI is InChI=1S/C31H37Cl4N5O4/c1-38(30(42)21-13-22(32)17-23(33)14-21)18-28(37-44)25(19-4-5-26(34)27(35)15-19)8-12-39-10-6-24(7-11-39)40-9-2-3-20(31(40)43)16-29(36)41/h4-5,13-15,17,20,24-25,44H,2-3,6-12,16,18H2,1H3,(H2,36,41)/b37-28+. The summed E-state index contributed by atoms with van der Waals surface area (Å²) in [5, 5.41) is 15.3. The highest BCUT2D eigenvalue weighted by molar-refractivity contribution is 6.42. The highest BCUT2D eigenvalue weighted by Crippen LogP contribution is 2.31. The number of benzene rings is 2. The van der Waals surface area contributed by atoms with Gasteiger partial charge >= 0.3 is 0 Å². The van der Waals surface area contributed by atoms with E-state index in [1.165, 1.54) is 17.0 Å². The Labute approximate surface area is 277 Å². The van der Waals surface area contributed by atoms with Crippen LogP contribution in [0.2, 0.25) is 20.1 Å². The topological polar surface area (TPSA) is 120 Å². The monoisotopic (exact) mass is 683 g/mol. The van der Waals surface area contributed by atoms with E-state index in [1.54, 1.807) is 25.2 Å². The molecule has 2 aromatic rings. The maximum Gasteiger partial charge on any atom is 0.254 e. The highest BCUT2D eigenvalue weighted by Gasteiger charge is 2.35. The third kappa shape index (κ3) is 8.79. The van der Waals surface area contributed by atoms with Crippen molar-refractivity contribution in [2.45, 2.75) is 50.5 Å². The van der Waals surface area contributed by atoms with E-state index in [1.807, 2.05) is 11.0 Å². The Balaban J connectivity index is 1.43. The normalized spacial score (nSPS) is 19.2. The van der Waals surface area contributed by atoms with Crippen molar-refractivity contribution < 1.29 is 19.6 Å². The number of halogens is 4. The van der Waals surface area contributed by atoms with Gasteiger partial charge in [-0.2, -0.15) is 0 Å². The molecule has 0 aromatic heterocycles. The summed E-state index contributed by atoms with van der Waals surface area (Å²) in [6, 6.07) is 10.1. The van der Waals surface area contributed by atoms with Gasteiger partial charge in [0.15, 0.2) is 0 Å². The molecule has 2 aliphatic heterocycles. The first-order valence-electron chi connectivity index (χ1n) is 14.6. The molecule has 0 radical (unpaired) electrons. The van der Waals surface area contributed by atoms with Crippen LogP contribution in [0, 0.1) is 5.92 Å². The summed E-state index contributed by atoms with van der Waals surface area (Å²) in [4.78, 5) is 43.4. The highest BCUT2D eigenvalue weighted by atomic mass is 35.5. The zero-order chi connectivity index (χ0) is 32.0. The summed E-state index contributed by atoms with van der Waals surface area (Å²) in [5.41, 5.74) is 6.90. The molecule has 3 amide bonds. The Bertz CT molecular complexity index is 1380. The van der Waals surface area contributed by atoms with Crippen LogP contribution in [-0.4, -0.2) is 89.2 Å². The van der Waals surface area contributed by atoms with Gasteiger partial charge < -0.3 is 25.6 Å². The molecular weight excluding hydrogens is 648 g/mol. The van der Waals surface area contributed by atoms with E-state index in [-0.39, 0.29) is 42.7 Å². The Morgan fingerprint density at radius 3 is 2.32 bits per heavy atom. The lowest BCUT2D eigenvalue weighted by Gasteiger charge is -2.42. The largest absolute Gasteiger partial charge is 0.411 e. The fourth-order valence-corrected chi connectivity index (χ4v) is 7.05. The van der Waals surface area contributed by atoms with Crippen LogP contribution in [0.25, 0.3) is 0 Å². The number of nitrogens with two attached hydrogens (primary N) is 1. The van der Waals surface area contributed by atoms with E-state index >= 15 is 0 Å². The average molecular weight is 685 g/mol. The van der Waals surface area contributed by atoms with Crippen LogP contribution in [0.4, 0.5) is 0 Å². The maximum atomic E-state index is 13.2. The molecule has 3 N–H and O–H groups in total. The molecule has 2 aromatic carbocycles. The molecule has 0 spiro atoms. The van der Waals surface area contributed by atoms with E-state index in [4.69, 9.17) is 52.1 Å². The summed E-state index contributed by atoms with van der Waals surface area (Å²) in [5.74, 6) is -1.40. The van der Waals surface area contributed by atoms with Crippen LogP contribution >= 0.6 is 46.4 Å². The van der Waals surface area contributed by atoms with E-state index < -0.39 is 5.91 Å². The minimum atomic E-state index is -0.438. The van der Waals surface area contributed by atoms with Gasteiger partial charge in [0.1, 0.15) is 0 Å². The van der Waals surface area contributed by atoms with Crippen LogP contribution in [-0.2, 0) is 9.59 Å². The third-order valence-corrected chi connectivity index (χ3v) is 9.67. The number of primary amides is 1. The van der Waals surface area contributed by atoms with Crippen molar-refractivity contribution in [1.82, 2.24) is 14.7 Å². The number of hydrogen-bond acceptors (Lipinski definition) is 6. The first-order chi connectivity index (χ1) is 21.0. The lowest BCUT2D eigenvalue weighted by molar-refractivity contribution is -0.144. The molecule has 2 heterocycles. The van der Waals surface area contributed by atoms with Crippen LogP contribution < -0.4 is 5.73 Å². The predicted octanol–water partition coefficient (Wildman–Crippen LogP) is 5.95. The molecule has 13 heteroatoms. The van der Waals surface area contributed by atoms with Crippen LogP contribution in [0.3, 0.4) is 0 Å². The summed E-state index contributed by atoms with van der Waals surface area (Å²) in [6.07, 6.45) is 3.93. The molecule has 4 rings (SSSR count). The first-order valence-corrected chi connectivity index (χ1v) is 16.2. The molecule has 238 valence electrons. The summed E-state index contributed by atoms with van der Waals surface area (Å²) >= 11 is 24.8. The number of likely N-dealkylation sites (tertiary alicyclic amines) is 2. The number of hydrogen-bond donors (Lipinski definition) is 2. The second kappa shape index (κ2) is 15.6. The van der Waals surface area contributed by atoms with Crippen molar-refractivity contribution in [2.75, 3.05) is 39.8 Å². The van der Waals surface area contributed by atoms with E-state index in [0.29, 0.717) is 57.3 Å². The fraction of sp³-hybridized carbons (Fsp3) is 0.484. The van der Waals surface area contributed by atoms with Crippen molar-refractivity contribution >= 4 is 69.8 Å². The van der Waals surface area contributed by atoms with E-state index in [9.17, 15) is 19.6 Å². The first kappa shape index (κ1) is 34.3. The number of rotatable bonds is 11. The fourth-order valence-electron chi connectivity index (χ4n) is 6.22. The smallest absolute Gasteiger partial charge is 0.254 e. The van der Waals surface area contributed by atoms with Crippen molar-refractivity contribution in [2.24, 2.45) is 16.8 Å². The molecule has 2 atom stereocenters. The second-order valence-corrected chi connectivity index (χ2v) is 13.2. The van der Waals surface area contributed by atoms with Crippen LogP contribution in [0.5, 0.6) is 0 Å². The molecule has 2 aliphatic rings. The number of piperidine rings is 2. The Morgan fingerprint density at radius 2 is 1.70 bits per heavy atom. The van der Waals surface area contributed by atoms with Gasteiger partial charge in [-0.05, 0) is 74.5 Å². The molecule has 0 bridgehead atoms. The van der Waals surface area contributed by atoms with E-state index in [0.717, 1.165) is 37.9 Å². The lowest BCUT2D eigenvalue weighted by atomic mass is 9.89. The van der Waals surface area contributed by atoms with E-state index in [2.05, 4.69) is 10.1 Å². The average Bonchev–Trinajstić information content (AvgIpc) is 2.98. The number of nitrogens with zero attached hydrogens (tertiary/aromatic N) is 4. The Kier molecular flexibility index (Phi) is 12.2. The van der Waals surface area contributed by atoms with Gasteiger partial charge in [0.25, 0.3) is 5.91 Å². The number of amides is 3. The van der Waals surface area contributed by atoms with Gasteiger partial charge in [0.05, 0.1) is 22.3 Å². The summed E-state index contributed by atoms with van der Waals surface area (Å²) in [6.45, 7) is 3.04. The number of oxime groups is 1. The molecule has 44 heavy (non-hydrogen) atoms. The molecule has 2 fully saturated rings. The van der Waals surface area contributed by atoms with Crippen LogP contribution in [0.1, 0.15) is 60.4 Å². The van der Waals surface area contributed by atoms with Crippen molar-refractivity contribution in [1.29, 1.82) is 0 Å². The van der Waals surface area contributed by atoms with Gasteiger partial charge in [-0.3, -0.25) is 14.4 Å². The zero-order valence-electron chi connectivity index (χ0n) is 24.5. The Hall–Kier alpha value is -2.56. The number of carbonyl (C=O) groups is 3. The molecule has 9 nitrogen and oxygen atoms in total. The zero-order valence-corrected chi connectivity index (χ0v) is 27.5. The molecule has 2 saturated heterocycles. The number of carbonyl (C=O) groups excluding carboxylic acids is 3. The van der Waals surface area contributed by atoms with Gasteiger partial charge in [-0.1, -0.05) is 57.6 Å². The van der Waals surface area contributed by atoms with Crippen molar-refractivity contribution in [3.8, 4) is 0 Å². The van der Waals surface area contributed by atoms with Crippen LogP contribution in [0.15, 0.2) is 41.6 Å². The van der Waals surface area contributed by atoms with Gasteiger partial charge in [-0.25, -0.2) is 0 Å². The summed E-state index contributed by atoms with van der Waals surface area (Å²) < 4.78 is 0. The molecule has 0 aliphatic carbocycles. The summed E-state index contributed by atoms with van der Waals surface area (Å²) in [7, 11) is 1.62. The quantitative estimate of drug-likeness (QED) is 0.172. The van der Waals surface area contributed by atoms with Crippen molar-refractivity contribution in [3.05, 3.63) is 67.6 Å². The maximum absolute atomic E-state index is 13.2. The van der Waals surface area contributed by atoms with Gasteiger partial charge in [0, 0.05) is 66.6 Å². The molecule has 2 unspecified atom stereocenters.